The van der Waals surface area contributed by atoms with Crippen molar-refractivity contribution in [2.75, 3.05) is 20.3 Å². The molecular formula is C15H26N2O3S. The van der Waals surface area contributed by atoms with Crippen molar-refractivity contribution in [3.63, 3.8) is 0 Å². The van der Waals surface area contributed by atoms with Crippen LogP contribution in [0.5, 0.6) is 0 Å². The second-order valence-electron chi connectivity index (χ2n) is 5.78. The summed E-state index contributed by atoms with van der Waals surface area (Å²) in [4.78, 5) is 0. The van der Waals surface area contributed by atoms with Gasteiger partial charge in [0.25, 0.3) is 0 Å². The van der Waals surface area contributed by atoms with Gasteiger partial charge in [0, 0.05) is 13.7 Å². The number of rotatable bonds is 9. The summed E-state index contributed by atoms with van der Waals surface area (Å²) in [5, 5.41) is 3.23. The number of sulfonamides is 1. The quantitative estimate of drug-likeness (QED) is 0.727. The molecule has 0 atom stereocenters. The van der Waals surface area contributed by atoms with Crippen LogP contribution in [0.3, 0.4) is 0 Å². The van der Waals surface area contributed by atoms with E-state index < -0.39 is 15.6 Å². The Hall–Kier alpha value is -0.950. The van der Waals surface area contributed by atoms with Gasteiger partial charge in [0.1, 0.15) is 0 Å². The molecule has 0 saturated heterocycles. The molecule has 120 valence electrons. The summed E-state index contributed by atoms with van der Waals surface area (Å²) in [6, 6.07) is 7.63. The summed E-state index contributed by atoms with van der Waals surface area (Å²) in [7, 11) is -1.85. The average Bonchev–Trinajstić information content (AvgIpc) is 2.34. The van der Waals surface area contributed by atoms with Gasteiger partial charge >= 0.3 is 0 Å². The van der Waals surface area contributed by atoms with Crippen molar-refractivity contribution in [3.05, 3.63) is 35.4 Å². The Kier molecular flexibility index (Phi) is 6.80. The third kappa shape index (κ3) is 7.04. The summed E-state index contributed by atoms with van der Waals surface area (Å²) < 4.78 is 32.2. The highest BCUT2D eigenvalue weighted by Gasteiger charge is 2.24. The van der Waals surface area contributed by atoms with E-state index in [1.54, 1.807) is 21.0 Å². The summed E-state index contributed by atoms with van der Waals surface area (Å²) in [5.41, 5.74) is 1.25. The molecule has 1 aromatic carbocycles. The Balaban J connectivity index is 2.75. The highest BCUT2D eigenvalue weighted by atomic mass is 32.2. The first-order valence-corrected chi connectivity index (χ1v) is 8.72. The third-order valence-electron chi connectivity index (χ3n) is 2.86. The number of hydrogen-bond acceptors (Lipinski definition) is 4. The van der Waals surface area contributed by atoms with Crippen LogP contribution in [0, 0.1) is 0 Å². The highest BCUT2D eigenvalue weighted by molar-refractivity contribution is 7.88. The van der Waals surface area contributed by atoms with Gasteiger partial charge in [-0.05, 0) is 31.5 Å². The summed E-state index contributed by atoms with van der Waals surface area (Å²) >= 11 is 0. The molecule has 0 radical (unpaired) electrons. The standard InChI is InChI=1S/C15H26N2O3S/c1-5-16-10-13-7-6-8-14(9-13)11-21(18,19)17-15(2,3)12-20-4/h6-9,16-17H,5,10-12H2,1-4H3. The molecule has 0 fully saturated rings. The minimum Gasteiger partial charge on any atom is -0.383 e. The maximum absolute atomic E-state index is 12.2. The largest absolute Gasteiger partial charge is 0.383 e. The van der Waals surface area contributed by atoms with E-state index >= 15 is 0 Å². The molecule has 1 aromatic rings. The van der Waals surface area contributed by atoms with Gasteiger partial charge in [-0.15, -0.1) is 0 Å². The second kappa shape index (κ2) is 7.89. The van der Waals surface area contributed by atoms with Crippen molar-refractivity contribution in [2.24, 2.45) is 0 Å². The van der Waals surface area contributed by atoms with Crippen LogP contribution in [-0.4, -0.2) is 34.2 Å². The van der Waals surface area contributed by atoms with Crippen LogP contribution >= 0.6 is 0 Å². The summed E-state index contributed by atoms with van der Waals surface area (Å²) in [5.74, 6) is -0.0277. The maximum atomic E-state index is 12.2. The van der Waals surface area contributed by atoms with Crippen LogP contribution < -0.4 is 10.0 Å². The molecule has 0 aliphatic rings. The lowest BCUT2D eigenvalue weighted by molar-refractivity contribution is 0.141. The van der Waals surface area contributed by atoms with E-state index in [4.69, 9.17) is 4.74 Å². The van der Waals surface area contributed by atoms with Gasteiger partial charge in [-0.2, -0.15) is 0 Å². The maximum Gasteiger partial charge on any atom is 0.216 e. The van der Waals surface area contributed by atoms with E-state index in [-0.39, 0.29) is 5.75 Å². The topological polar surface area (TPSA) is 67.4 Å². The fourth-order valence-corrected chi connectivity index (χ4v) is 3.76. The molecule has 5 nitrogen and oxygen atoms in total. The van der Waals surface area contributed by atoms with E-state index in [9.17, 15) is 8.42 Å². The monoisotopic (exact) mass is 314 g/mol. The normalized spacial score (nSPS) is 12.6. The van der Waals surface area contributed by atoms with Crippen LogP contribution in [0.25, 0.3) is 0 Å². The highest BCUT2D eigenvalue weighted by Crippen LogP contribution is 2.12. The summed E-state index contributed by atoms with van der Waals surface area (Å²) in [6.45, 7) is 7.59. The fourth-order valence-electron chi connectivity index (χ4n) is 2.17. The first kappa shape index (κ1) is 18.1. The van der Waals surface area contributed by atoms with Crippen molar-refractivity contribution in [1.29, 1.82) is 0 Å². The minimum absolute atomic E-state index is 0.0277. The van der Waals surface area contributed by atoms with Crippen molar-refractivity contribution in [3.8, 4) is 0 Å². The third-order valence-corrected chi connectivity index (χ3v) is 4.44. The molecule has 0 bridgehead atoms. The SMILES string of the molecule is CCNCc1cccc(CS(=O)(=O)NC(C)(C)COC)c1. The molecule has 6 heteroatoms. The lowest BCUT2D eigenvalue weighted by Crippen LogP contribution is -2.47. The van der Waals surface area contributed by atoms with Crippen molar-refractivity contribution >= 4 is 10.0 Å². The first-order valence-electron chi connectivity index (χ1n) is 7.07. The second-order valence-corrected chi connectivity index (χ2v) is 7.50. The van der Waals surface area contributed by atoms with E-state index in [0.717, 1.165) is 24.2 Å². The molecule has 0 saturated carbocycles. The molecule has 0 amide bonds. The Bertz CT molecular complexity index is 542. The molecule has 1 rings (SSSR count). The van der Waals surface area contributed by atoms with Crippen LogP contribution in [-0.2, 0) is 27.1 Å². The van der Waals surface area contributed by atoms with E-state index in [2.05, 4.69) is 10.0 Å². The van der Waals surface area contributed by atoms with E-state index in [1.165, 1.54) is 0 Å². The number of methoxy groups -OCH3 is 1. The minimum atomic E-state index is -3.40. The molecule has 21 heavy (non-hydrogen) atoms. The Labute approximate surface area is 128 Å². The molecule has 0 aliphatic heterocycles. The van der Waals surface area contributed by atoms with Gasteiger partial charge in [-0.3, -0.25) is 0 Å². The van der Waals surface area contributed by atoms with Gasteiger partial charge in [-0.1, -0.05) is 31.2 Å². The van der Waals surface area contributed by atoms with Crippen LogP contribution in [0.4, 0.5) is 0 Å². The lowest BCUT2D eigenvalue weighted by Gasteiger charge is -2.25. The van der Waals surface area contributed by atoms with E-state index in [1.807, 2.05) is 31.2 Å². The average molecular weight is 314 g/mol. The smallest absolute Gasteiger partial charge is 0.216 e. The van der Waals surface area contributed by atoms with Gasteiger partial charge in [-0.25, -0.2) is 13.1 Å². The Morgan fingerprint density at radius 2 is 1.90 bits per heavy atom. The Morgan fingerprint density at radius 1 is 1.24 bits per heavy atom. The molecule has 0 aromatic heterocycles. The molecule has 0 unspecified atom stereocenters. The molecule has 0 aliphatic carbocycles. The van der Waals surface area contributed by atoms with Crippen molar-refractivity contribution < 1.29 is 13.2 Å². The number of ether oxygens (including phenoxy) is 1. The molecule has 0 spiro atoms. The molecule has 2 N–H and O–H groups in total. The number of hydrogen-bond donors (Lipinski definition) is 2. The zero-order chi connectivity index (χ0) is 15.9. The summed E-state index contributed by atoms with van der Waals surface area (Å²) in [6.07, 6.45) is 0. The van der Waals surface area contributed by atoms with Crippen LogP contribution in [0.1, 0.15) is 31.9 Å². The van der Waals surface area contributed by atoms with Gasteiger partial charge in [0.15, 0.2) is 0 Å². The predicted octanol–water partition coefficient (Wildman–Crippen LogP) is 1.64. The first-order chi connectivity index (χ1) is 9.78. The van der Waals surface area contributed by atoms with E-state index in [0.29, 0.717) is 6.61 Å². The Morgan fingerprint density at radius 3 is 2.52 bits per heavy atom. The van der Waals surface area contributed by atoms with Gasteiger partial charge < -0.3 is 10.1 Å². The fraction of sp³-hybridized carbons (Fsp3) is 0.600. The lowest BCUT2D eigenvalue weighted by atomic mass is 10.1. The number of benzene rings is 1. The van der Waals surface area contributed by atoms with Gasteiger partial charge in [0.05, 0.1) is 17.9 Å². The zero-order valence-corrected chi connectivity index (χ0v) is 14.1. The molecule has 0 heterocycles. The zero-order valence-electron chi connectivity index (χ0n) is 13.3. The van der Waals surface area contributed by atoms with Crippen LogP contribution in [0.2, 0.25) is 0 Å². The van der Waals surface area contributed by atoms with Crippen molar-refractivity contribution in [1.82, 2.24) is 10.0 Å². The van der Waals surface area contributed by atoms with Crippen molar-refractivity contribution in [2.45, 2.75) is 38.6 Å². The predicted molar refractivity (Wildman–Crippen MR) is 85.5 cm³/mol. The number of nitrogens with one attached hydrogen (secondary N) is 2. The van der Waals surface area contributed by atoms with Crippen LogP contribution in [0.15, 0.2) is 24.3 Å². The molecular weight excluding hydrogens is 288 g/mol. The van der Waals surface area contributed by atoms with Gasteiger partial charge in [0.2, 0.25) is 10.0 Å².